The van der Waals surface area contributed by atoms with E-state index in [0.29, 0.717) is 17.4 Å². The lowest BCUT2D eigenvalue weighted by atomic mass is 9.92. The number of carbonyl (C=O) groups is 1. The predicted molar refractivity (Wildman–Crippen MR) is 94.0 cm³/mol. The monoisotopic (exact) mass is 349 g/mol. The summed E-state index contributed by atoms with van der Waals surface area (Å²) in [7, 11) is 0. The molecule has 2 heterocycles. The molecule has 0 unspecified atom stereocenters. The molecule has 0 spiro atoms. The molecule has 0 saturated heterocycles. The number of aromatic amines is 2. The van der Waals surface area contributed by atoms with Crippen LogP contribution in [0, 0.1) is 6.92 Å². The lowest BCUT2D eigenvalue weighted by molar-refractivity contribution is -0.120. The molecule has 0 fully saturated rings. The van der Waals surface area contributed by atoms with Crippen molar-refractivity contribution in [1.29, 1.82) is 0 Å². The highest BCUT2D eigenvalue weighted by molar-refractivity contribution is 8.00. The Morgan fingerprint density at radius 1 is 1.38 bits per heavy atom. The zero-order chi connectivity index (χ0) is 17.9. The topological polar surface area (TPSA) is 104 Å². The van der Waals surface area contributed by atoms with Crippen LogP contribution < -0.4 is 10.9 Å². The van der Waals surface area contributed by atoms with E-state index in [1.807, 2.05) is 6.07 Å². The molecular formula is C16H23N5O2S. The molecule has 2 aromatic rings. The number of carbonyl (C=O) groups excluding carboxylic acids is 1. The fraction of sp³-hybridized carbons (Fsp3) is 0.500. The molecule has 0 saturated carbocycles. The Bertz CT molecular complexity index is 775. The minimum atomic E-state index is -0.375. The molecule has 0 aromatic carbocycles. The maximum atomic E-state index is 12.2. The molecule has 1 atom stereocenters. The molecule has 0 aliphatic heterocycles. The lowest BCUT2D eigenvalue weighted by Gasteiger charge is -2.13. The fourth-order valence-electron chi connectivity index (χ4n) is 1.99. The van der Waals surface area contributed by atoms with Gasteiger partial charge in [0.2, 0.25) is 5.91 Å². The zero-order valence-electron chi connectivity index (χ0n) is 14.6. The third-order valence-corrected chi connectivity index (χ3v) is 4.34. The molecule has 0 aliphatic rings. The zero-order valence-corrected chi connectivity index (χ0v) is 15.4. The number of nitrogens with zero attached hydrogens (tertiary/aromatic N) is 2. The van der Waals surface area contributed by atoms with E-state index in [9.17, 15) is 9.59 Å². The van der Waals surface area contributed by atoms with Gasteiger partial charge in [0.25, 0.3) is 5.56 Å². The first-order valence-electron chi connectivity index (χ1n) is 7.72. The maximum Gasteiger partial charge on any atom is 0.251 e. The highest BCUT2D eigenvalue weighted by Gasteiger charge is 2.19. The van der Waals surface area contributed by atoms with Gasteiger partial charge in [-0.3, -0.25) is 14.7 Å². The van der Waals surface area contributed by atoms with Crippen LogP contribution in [0.15, 0.2) is 22.1 Å². The first kappa shape index (κ1) is 18.3. The summed E-state index contributed by atoms with van der Waals surface area (Å²) < 4.78 is 0. The van der Waals surface area contributed by atoms with Gasteiger partial charge in [-0.1, -0.05) is 32.5 Å². The summed E-state index contributed by atoms with van der Waals surface area (Å²) >= 11 is 1.22. The number of aromatic nitrogens is 4. The molecule has 1 amide bonds. The third kappa shape index (κ3) is 4.95. The van der Waals surface area contributed by atoms with Crippen LogP contribution in [0.5, 0.6) is 0 Å². The van der Waals surface area contributed by atoms with Gasteiger partial charge in [-0.15, -0.1) is 0 Å². The SMILES string of the molecule is Cc1cc(=O)[nH]c(S[C@H](C)C(=O)NCc2cc(C(C)(C)C)n[nH]2)n1. The van der Waals surface area contributed by atoms with E-state index >= 15 is 0 Å². The van der Waals surface area contributed by atoms with Crippen LogP contribution in [0.1, 0.15) is 44.8 Å². The molecule has 0 bridgehead atoms. The molecule has 8 heteroatoms. The second kappa shape index (κ2) is 7.21. The van der Waals surface area contributed by atoms with Gasteiger partial charge >= 0.3 is 0 Å². The van der Waals surface area contributed by atoms with E-state index in [4.69, 9.17) is 0 Å². The molecule has 7 nitrogen and oxygen atoms in total. The molecule has 2 aromatic heterocycles. The summed E-state index contributed by atoms with van der Waals surface area (Å²) in [5.74, 6) is -0.129. The van der Waals surface area contributed by atoms with E-state index < -0.39 is 0 Å². The van der Waals surface area contributed by atoms with Gasteiger partial charge in [-0.2, -0.15) is 5.10 Å². The van der Waals surface area contributed by atoms with Crippen molar-refractivity contribution in [3.63, 3.8) is 0 Å². The molecule has 0 aliphatic carbocycles. The summed E-state index contributed by atoms with van der Waals surface area (Å²) in [6.07, 6.45) is 0. The summed E-state index contributed by atoms with van der Waals surface area (Å²) in [5.41, 5.74) is 2.18. The number of nitrogens with one attached hydrogen (secondary N) is 3. The number of hydrogen-bond donors (Lipinski definition) is 3. The highest BCUT2D eigenvalue weighted by Crippen LogP contribution is 2.21. The van der Waals surface area contributed by atoms with E-state index in [0.717, 1.165) is 11.4 Å². The first-order chi connectivity index (χ1) is 11.1. The van der Waals surface area contributed by atoms with Gasteiger partial charge in [-0.05, 0) is 19.9 Å². The maximum absolute atomic E-state index is 12.2. The third-order valence-electron chi connectivity index (χ3n) is 3.36. The number of rotatable bonds is 5. The molecule has 0 radical (unpaired) electrons. The van der Waals surface area contributed by atoms with Gasteiger partial charge in [0, 0.05) is 17.2 Å². The minimum Gasteiger partial charge on any atom is -0.350 e. The quantitative estimate of drug-likeness (QED) is 0.565. The standard InChI is InChI=1S/C16H23N5O2S/c1-9-6-13(22)19-15(18-9)24-10(2)14(23)17-8-11-7-12(21-20-11)16(3,4)5/h6-7,10H,8H2,1-5H3,(H,17,23)(H,20,21)(H,18,19,22)/t10-/m1/s1. The van der Waals surface area contributed by atoms with E-state index in [2.05, 4.69) is 46.3 Å². The lowest BCUT2D eigenvalue weighted by Crippen LogP contribution is -2.30. The second-order valence-corrected chi connectivity index (χ2v) is 8.03. The van der Waals surface area contributed by atoms with Crippen molar-refractivity contribution in [2.75, 3.05) is 0 Å². The summed E-state index contributed by atoms with van der Waals surface area (Å²) in [6, 6.07) is 3.37. The average molecular weight is 349 g/mol. The summed E-state index contributed by atoms with van der Waals surface area (Å²) in [6.45, 7) is 10.1. The van der Waals surface area contributed by atoms with Gasteiger partial charge in [0.05, 0.1) is 23.2 Å². The van der Waals surface area contributed by atoms with Crippen molar-refractivity contribution < 1.29 is 4.79 Å². The average Bonchev–Trinajstić information content (AvgIpc) is 2.92. The largest absolute Gasteiger partial charge is 0.350 e. The Balaban J connectivity index is 1.92. The van der Waals surface area contributed by atoms with Crippen molar-refractivity contribution in [1.82, 2.24) is 25.5 Å². The Labute approximate surface area is 145 Å². The predicted octanol–water partition coefficient (Wildman–Crippen LogP) is 1.90. The number of thioether (sulfide) groups is 1. The van der Waals surface area contributed by atoms with Crippen molar-refractivity contribution in [2.45, 2.75) is 57.0 Å². The van der Waals surface area contributed by atoms with Gasteiger partial charge in [-0.25, -0.2) is 4.98 Å². The van der Waals surface area contributed by atoms with Gasteiger partial charge in [0.1, 0.15) is 0 Å². The fourth-order valence-corrected chi connectivity index (χ4v) is 2.87. The summed E-state index contributed by atoms with van der Waals surface area (Å²) in [4.78, 5) is 30.5. The van der Waals surface area contributed by atoms with Gasteiger partial charge in [0.15, 0.2) is 5.16 Å². The normalized spacial score (nSPS) is 12.9. The van der Waals surface area contributed by atoms with Crippen molar-refractivity contribution in [2.24, 2.45) is 0 Å². The van der Waals surface area contributed by atoms with Crippen LogP contribution in [0.25, 0.3) is 0 Å². The minimum absolute atomic E-state index is 0.0371. The number of aryl methyl sites for hydroxylation is 1. The van der Waals surface area contributed by atoms with Crippen molar-refractivity contribution in [3.05, 3.63) is 39.6 Å². The van der Waals surface area contributed by atoms with Crippen molar-refractivity contribution >= 4 is 17.7 Å². The van der Waals surface area contributed by atoms with Crippen LogP contribution in [-0.2, 0) is 16.8 Å². The Hall–Kier alpha value is -2.09. The Morgan fingerprint density at radius 3 is 2.67 bits per heavy atom. The van der Waals surface area contributed by atoms with E-state index in [-0.39, 0.29) is 22.1 Å². The number of hydrogen-bond acceptors (Lipinski definition) is 5. The van der Waals surface area contributed by atoms with Crippen LogP contribution >= 0.6 is 11.8 Å². The molecule has 3 N–H and O–H groups in total. The molecule has 2 rings (SSSR count). The summed E-state index contributed by atoms with van der Waals surface area (Å²) in [5, 5.41) is 10.1. The van der Waals surface area contributed by atoms with Gasteiger partial charge < -0.3 is 10.3 Å². The van der Waals surface area contributed by atoms with Crippen LogP contribution in [0.3, 0.4) is 0 Å². The van der Waals surface area contributed by atoms with Crippen molar-refractivity contribution in [3.8, 4) is 0 Å². The first-order valence-corrected chi connectivity index (χ1v) is 8.60. The smallest absolute Gasteiger partial charge is 0.251 e. The molecule has 24 heavy (non-hydrogen) atoms. The highest BCUT2D eigenvalue weighted by atomic mass is 32.2. The number of amides is 1. The number of H-pyrrole nitrogens is 2. The Kier molecular flexibility index (Phi) is 5.48. The van der Waals surface area contributed by atoms with Crippen LogP contribution in [-0.4, -0.2) is 31.3 Å². The van der Waals surface area contributed by atoms with Crippen LogP contribution in [0.2, 0.25) is 0 Å². The molecular weight excluding hydrogens is 326 g/mol. The Morgan fingerprint density at radius 2 is 2.08 bits per heavy atom. The van der Waals surface area contributed by atoms with Crippen LogP contribution in [0.4, 0.5) is 0 Å². The van der Waals surface area contributed by atoms with E-state index in [1.54, 1.807) is 13.8 Å². The second-order valence-electron chi connectivity index (χ2n) is 6.70. The molecule has 130 valence electrons. The van der Waals surface area contributed by atoms with E-state index in [1.165, 1.54) is 17.8 Å².